The molecule has 0 amide bonds. The van der Waals surface area contributed by atoms with Gasteiger partial charge in [0.05, 0.1) is 0 Å². The summed E-state index contributed by atoms with van der Waals surface area (Å²) in [5, 5.41) is 3.26. The van der Waals surface area contributed by atoms with Crippen molar-refractivity contribution in [3.05, 3.63) is 29.3 Å². The van der Waals surface area contributed by atoms with Crippen LogP contribution in [0.1, 0.15) is 38.3 Å². The molecule has 0 fully saturated rings. The van der Waals surface area contributed by atoms with Gasteiger partial charge in [-0.25, -0.2) is 0 Å². The molecule has 0 unspecified atom stereocenters. The van der Waals surface area contributed by atoms with Crippen molar-refractivity contribution < 1.29 is 0 Å². The molecule has 2 nitrogen and oxygen atoms in total. The van der Waals surface area contributed by atoms with Crippen LogP contribution in [0.2, 0.25) is 0 Å². The monoisotopic (exact) mass is 234 g/mol. The highest BCUT2D eigenvalue weighted by atomic mass is 15.2. The van der Waals surface area contributed by atoms with Gasteiger partial charge in [0.15, 0.2) is 0 Å². The standard InChI is InChI=1S/C15H26N2/c1-6-9-17(12(2)3)15-8-7-13(4)10-14(15)11-16-5/h7-8,10,12,16H,6,9,11H2,1-5H3. The molecule has 0 spiro atoms. The molecule has 0 radical (unpaired) electrons. The Hall–Kier alpha value is -1.02. The van der Waals surface area contributed by atoms with Gasteiger partial charge in [-0.15, -0.1) is 0 Å². The molecule has 96 valence electrons. The van der Waals surface area contributed by atoms with Crippen LogP contribution < -0.4 is 10.2 Å². The van der Waals surface area contributed by atoms with Crippen molar-refractivity contribution >= 4 is 5.69 Å². The van der Waals surface area contributed by atoms with Crippen LogP contribution in [0.15, 0.2) is 18.2 Å². The predicted molar refractivity (Wildman–Crippen MR) is 76.7 cm³/mol. The summed E-state index contributed by atoms with van der Waals surface area (Å²) in [5.74, 6) is 0. The van der Waals surface area contributed by atoms with E-state index in [4.69, 9.17) is 0 Å². The normalized spacial score (nSPS) is 10.9. The minimum absolute atomic E-state index is 0.549. The van der Waals surface area contributed by atoms with Crippen LogP contribution in [0, 0.1) is 6.92 Å². The molecule has 0 heterocycles. The van der Waals surface area contributed by atoms with Crippen LogP contribution in [0.3, 0.4) is 0 Å². The van der Waals surface area contributed by atoms with E-state index in [0.29, 0.717) is 6.04 Å². The van der Waals surface area contributed by atoms with Crippen LogP contribution in [-0.2, 0) is 6.54 Å². The lowest BCUT2D eigenvalue weighted by atomic mass is 10.1. The molecule has 1 aromatic carbocycles. The summed E-state index contributed by atoms with van der Waals surface area (Å²) in [6, 6.07) is 7.31. The van der Waals surface area contributed by atoms with Crippen molar-refractivity contribution in [2.75, 3.05) is 18.5 Å². The van der Waals surface area contributed by atoms with E-state index >= 15 is 0 Å². The summed E-state index contributed by atoms with van der Waals surface area (Å²) in [4.78, 5) is 2.49. The van der Waals surface area contributed by atoms with E-state index in [1.807, 2.05) is 7.05 Å². The van der Waals surface area contributed by atoms with Gasteiger partial charge < -0.3 is 10.2 Å². The molecule has 0 aliphatic rings. The van der Waals surface area contributed by atoms with Gasteiger partial charge in [0, 0.05) is 24.8 Å². The van der Waals surface area contributed by atoms with E-state index in [0.717, 1.165) is 13.1 Å². The highest BCUT2D eigenvalue weighted by Gasteiger charge is 2.13. The van der Waals surface area contributed by atoms with Crippen molar-refractivity contribution in [1.82, 2.24) is 5.32 Å². The van der Waals surface area contributed by atoms with Crippen LogP contribution in [0.25, 0.3) is 0 Å². The molecule has 1 aromatic rings. The van der Waals surface area contributed by atoms with E-state index in [1.165, 1.54) is 23.2 Å². The van der Waals surface area contributed by atoms with Crippen molar-refractivity contribution in [3.63, 3.8) is 0 Å². The Morgan fingerprint density at radius 2 is 2.00 bits per heavy atom. The second-order valence-electron chi connectivity index (χ2n) is 4.95. The molecule has 1 N–H and O–H groups in total. The minimum atomic E-state index is 0.549. The zero-order chi connectivity index (χ0) is 12.8. The third-order valence-electron chi connectivity index (χ3n) is 3.00. The lowest BCUT2D eigenvalue weighted by Crippen LogP contribution is -2.32. The predicted octanol–water partition coefficient (Wildman–Crippen LogP) is 3.34. The Balaban J connectivity index is 3.07. The van der Waals surface area contributed by atoms with Gasteiger partial charge in [0.1, 0.15) is 0 Å². The maximum atomic E-state index is 3.26. The molecule has 1 rings (SSSR count). The van der Waals surface area contributed by atoms with Gasteiger partial charge in [0.25, 0.3) is 0 Å². The van der Waals surface area contributed by atoms with Gasteiger partial charge in [-0.05, 0) is 45.9 Å². The Morgan fingerprint density at radius 3 is 2.53 bits per heavy atom. The van der Waals surface area contributed by atoms with Crippen LogP contribution in [0.5, 0.6) is 0 Å². The van der Waals surface area contributed by atoms with Gasteiger partial charge in [-0.1, -0.05) is 24.6 Å². The quantitative estimate of drug-likeness (QED) is 0.812. The third kappa shape index (κ3) is 3.74. The summed E-state index contributed by atoms with van der Waals surface area (Å²) in [6.45, 7) is 11.0. The molecule has 0 saturated heterocycles. The summed E-state index contributed by atoms with van der Waals surface area (Å²) in [7, 11) is 2.01. The zero-order valence-electron chi connectivity index (χ0n) is 11.9. The first-order chi connectivity index (χ1) is 8.10. The average Bonchev–Trinajstić information content (AvgIpc) is 2.27. The fourth-order valence-electron chi connectivity index (χ4n) is 2.22. The Kier molecular flexibility index (Phi) is 5.49. The molecular formula is C15H26N2. The Morgan fingerprint density at radius 1 is 1.29 bits per heavy atom. The van der Waals surface area contributed by atoms with Gasteiger partial charge in [-0.3, -0.25) is 0 Å². The molecule has 0 aliphatic heterocycles. The third-order valence-corrected chi connectivity index (χ3v) is 3.00. The Labute approximate surface area is 106 Å². The number of nitrogens with zero attached hydrogens (tertiary/aromatic N) is 1. The van der Waals surface area contributed by atoms with Gasteiger partial charge >= 0.3 is 0 Å². The first kappa shape index (κ1) is 14.0. The van der Waals surface area contributed by atoms with Crippen LogP contribution >= 0.6 is 0 Å². The van der Waals surface area contributed by atoms with Crippen molar-refractivity contribution in [2.24, 2.45) is 0 Å². The van der Waals surface area contributed by atoms with Crippen molar-refractivity contribution in [3.8, 4) is 0 Å². The largest absolute Gasteiger partial charge is 0.369 e. The number of hydrogen-bond donors (Lipinski definition) is 1. The molecule has 0 saturated carbocycles. The molecule has 0 bridgehead atoms. The molecule has 0 aliphatic carbocycles. The van der Waals surface area contributed by atoms with E-state index in [-0.39, 0.29) is 0 Å². The molecule has 0 aromatic heterocycles. The number of rotatable bonds is 6. The van der Waals surface area contributed by atoms with Crippen molar-refractivity contribution in [2.45, 2.75) is 46.7 Å². The first-order valence-electron chi connectivity index (χ1n) is 6.60. The lowest BCUT2D eigenvalue weighted by Gasteiger charge is -2.31. The van der Waals surface area contributed by atoms with E-state index < -0.39 is 0 Å². The second-order valence-corrected chi connectivity index (χ2v) is 4.95. The fourth-order valence-corrected chi connectivity index (χ4v) is 2.22. The molecule has 17 heavy (non-hydrogen) atoms. The summed E-state index contributed by atoms with van der Waals surface area (Å²) < 4.78 is 0. The summed E-state index contributed by atoms with van der Waals surface area (Å²) in [6.07, 6.45) is 1.19. The highest BCUT2D eigenvalue weighted by Crippen LogP contribution is 2.24. The lowest BCUT2D eigenvalue weighted by molar-refractivity contribution is 0.664. The maximum Gasteiger partial charge on any atom is 0.0414 e. The van der Waals surface area contributed by atoms with E-state index in [9.17, 15) is 0 Å². The molecule has 2 heteroatoms. The number of anilines is 1. The number of hydrogen-bond acceptors (Lipinski definition) is 2. The number of aryl methyl sites for hydroxylation is 1. The first-order valence-corrected chi connectivity index (χ1v) is 6.60. The van der Waals surface area contributed by atoms with E-state index in [2.05, 4.69) is 56.1 Å². The SMILES string of the molecule is CCCN(c1ccc(C)cc1CNC)C(C)C. The summed E-state index contributed by atoms with van der Waals surface area (Å²) in [5.41, 5.74) is 4.11. The zero-order valence-corrected chi connectivity index (χ0v) is 11.9. The smallest absolute Gasteiger partial charge is 0.0414 e. The highest BCUT2D eigenvalue weighted by molar-refractivity contribution is 5.55. The number of benzene rings is 1. The average molecular weight is 234 g/mol. The van der Waals surface area contributed by atoms with E-state index in [1.54, 1.807) is 0 Å². The Bertz CT molecular complexity index is 345. The fraction of sp³-hybridized carbons (Fsp3) is 0.600. The van der Waals surface area contributed by atoms with Crippen LogP contribution in [0.4, 0.5) is 5.69 Å². The van der Waals surface area contributed by atoms with Gasteiger partial charge in [-0.2, -0.15) is 0 Å². The topological polar surface area (TPSA) is 15.3 Å². The second kappa shape index (κ2) is 6.65. The van der Waals surface area contributed by atoms with Gasteiger partial charge in [0.2, 0.25) is 0 Å². The van der Waals surface area contributed by atoms with Crippen LogP contribution in [-0.4, -0.2) is 19.6 Å². The molecular weight excluding hydrogens is 208 g/mol. The van der Waals surface area contributed by atoms with Crippen molar-refractivity contribution in [1.29, 1.82) is 0 Å². The molecule has 0 atom stereocenters. The maximum absolute atomic E-state index is 3.26. The minimum Gasteiger partial charge on any atom is -0.369 e. The number of nitrogens with one attached hydrogen (secondary N) is 1. The summed E-state index contributed by atoms with van der Waals surface area (Å²) >= 11 is 0.